The number of benzene rings is 3. The molecule has 5 nitrogen and oxygen atoms in total. The monoisotopic (exact) mass is 380 g/mol. The van der Waals surface area contributed by atoms with E-state index in [0.717, 1.165) is 5.56 Å². The minimum absolute atomic E-state index is 0.324. The van der Waals surface area contributed by atoms with Crippen molar-refractivity contribution in [3.05, 3.63) is 101 Å². The number of halogens is 1. The maximum atomic E-state index is 12.4. The second kappa shape index (κ2) is 8.87. The molecule has 0 radical (unpaired) electrons. The molecule has 0 heterocycles. The Kier molecular flexibility index (Phi) is 6.07. The summed E-state index contributed by atoms with van der Waals surface area (Å²) in [7, 11) is 0. The fourth-order valence-electron chi connectivity index (χ4n) is 2.37. The number of amides is 2. The summed E-state index contributed by atoms with van der Waals surface area (Å²) >= 11 is 5.80. The average Bonchev–Trinajstić information content (AvgIpc) is 2.71. The number of hydrogen-bond acceptors (Lipinski definition) is 3. The number of hydrogen-bond donors (Lipinski definition) is 2. The molecule has 0 atom stereocenters. The van der Waals surface area contributed by atoms with E-state index in [9.17, 15) is 9.59 Å². The maximum absolute atomic E-state index is 12.4. The highest BCUT2D eigenvalue weighted by atomic mass is 35.5. The molecule has 2 amide bonds. The Morgan fingerprint density at radius 3 is 2.15 bits per heavy atom. The highest BCUT2D eigenvalue weighted by Gasteiger charge is 2.13. The molecule has 0 bridgehead atoms. The Hall–Kier alpha value is -3.31. The normalized spacial score (nSPS) is 10.1. The summed E-state index contributed by atoms with van der Waals surface area (Å²) in [6.07, 6.45) is 0. The molecule has 3 aromatic rings. The Labute approximate surface area is 161 Å². The number of rotatable bonds is 5. The Bertz CT molecular complexity index is 928. The van der Waals surface area contributed by atoms with Crippen LogP contribution in [0.5, 0.6) is 5.75 Å². The van der Waals surface area contributed by atoms with Gasteiger partial charge in [0.2, 0.25) is 0 Å². The van der Waals surface area contributed by atoms with Crippen molar-refractivity contribution in [2.24, 2.45) is 0 Å². The van der Waals surface area contributed by atoms with Gasteiger partial charge in [0, 0.05) is 10.6 Å². The predicted molar refractivity (Wildman–Crippen MR) is 104 cm³/mol. The lowest BCUT2D eigenvalue weighted by molar-refractivity contribution is 0.0844. The SMILES string of the molecule is O=C(NNC(=O)c1ccccc1OCc1ccccc1)c1ccc(Cl)cc1. The quantitative estimate of drug-likeness (QED) is 0.657. The summed E-state index contributed by atoms with van der Waals surface area (Å²) in [5.41, 5.74) is 6.48. The molecule has 0 saturated heterocycles. The summed E-state index contributed by atoms with van der Waals surface area (Å²) in [4.78, 5) is 24.5. The van der Waals surface area contributed by atoms with Crippen LogP contribution in [0.4, 0.5) is 0 Å². The zero-order valence-electron chi connectivity index (χ0n) is 14.3. The zero-order valence-corrected chi connectivity index (χ0v) is 15.1. The Balaban J connectivity index is 1.62. The molecule has 0 saturated carbocycles. The first-order valence-electron chi connectivity index (χ1n) is 8.25. The third kappa shape index (κ3) is 5.09. The molecular formula is C21H17ClN2O3. The number of hydrazine groups is 1. The van der Waals surface area contributed by atoms with Crippen LogP contribution < -0.4 is 15.6 Å². The van der Waals surface area contributed by atoms with E-state index in [1.807, 2.05) is 30.3 Å². The molecule has 27 heavy (non-hydrogen) atoms. The van der Waals surface area contributed by atoms with Gasteiger partial charge in [-0.2, -0.15) is 0 Å². The van der Waals surface area contributed by atoms with Crippen LogP contribution in [0.15, 0.2) is 78.9 Å². The summed E-state index contributed by atoms with van der Waals surface area (Å²) < 4.78 is 5.76. The maximum Gasteiger partial charge on any atom is 0.273 e. The van der Waals surface area contributed by atoms with Crippen molar-refractivity contribution in [2.45, 2.75) is 6.61 Å². The van der Waals surface area contributed by atoms with Gasteiger partial charge in [-0.05, 0) is 42.0 Å². The molecule has 0 spiro atoms. The van der Waals surface area contributed by atoms with Crippen LogP contribution in [-0.2, 0) is 6.61 Å². The number of para-hydroxylation sites is 1. The standard InChI is InChI=1S/C21H17ClN2O3/c22-17-12-10-16(11-13-17)20(25)23-24-21(26)18-8-4-5-9-19(18)27-14-15-6-2-1-3-7-15/h1-13H,14H2,(H,23,25)(H,24,26). The fourth-order valence-corrected chi connectivity index (χ4v) is 2.50. The largest absolute Gasteiger partial charge is 0.488 e. The van der Waals surface area contributed by atoms with Gasteiger partial charge in [-0.15, -0.1) is 0 Å². The lowest BCUT2D eigenvalue weighted by atomic mass is 10.2. The fraction of sp³-hybridized carbons (Fsp3) is 0.0476. The van der Waals surface area contributed by atoms with Gasteiger partial charge in [-0.1, -0.05) is 54.1 Å². The lowest BCUT2D eigenvalue weighted by Crippen LogP contribution is -2.41. The molecule has 136 valence electrons. The average molecular weight is 381 g/mol. The first-order valence-corrected chi connectivity index (χ1v) is 8.63. The van der Waals surface area contributed by atoms with Gasteiger partial charge in [-0.3, -0.25) is 20.4 Å². The highest BCUT2D eigenvalue weighted by Crippen LogP contribution is 2.19. The van der Waals surface area contributed by atoms with E-state index in [1.165, 1.54) is 0 Å². The molecule has 3 rings (SSSR count). The molecule has 0 aromatic heterocycles. The van der Waals surface area contributed by atoms with Crippen molar-refractivity contribution in [3.63, 3.8) is 0 Å². The summed E-state index contributed by atoms with van der Waals surface area (Å²) in [6.45, 7) is 0.336. The lowest BCUT2D eigenvalue weighted by Gasteiger charge is -2.12. The van der Waals surface area contributed by atoms with Gasteiger partial charge in [-0.25, -0.2) is 0 Å². The number of carbonyl (C=O) groups is 2. The zero-order chi connectivity index (χ0) is 19.1. The Morgan fingerprint density at radius 1 is 0.778 bits per heavy atom. The van der Waals surface area contributed by atoms with Crippen molar-refractivity contribution in [2.75, 3.05) is 0 Å². The summed E-state index contributed by atoms with van der Waals surface area (Å²) in [5.74, 6) is -0.483. The molecular weight excluding hydrogens is 364 g/mol. The van der Waals surface area contributed by atoms with Gasteiger partial charge >= 0.3 is 0 Å². The minimum atomic E-state index is -0.471. The molecule has 0 fully saturated rings. The third-order valence-corrected chi connectivity index (χ3v) is 4.02. The van der Waals surface area contributed by atoms with E-state index < -0.39 is 11.8 Å². The molecule has 0 aliphatic carbocycles. The van der Waals surface area contributed by atoms with Gasteiger partial charge in [0.25, 0.3) is 11.8 Å². The van der Waals surface area contributed by atoms with Gasteiger partial charge < -0.3 is 4.74 Å². The second-order valence-electron chi connectivity index (χ2n) is 5.69. The second-order valence-corrected chi connectivity index (χ2v) is 6.12. The number of ether oxygens (including phenoxy) is 1. The first kappa shape index (κ1) is 18.5. The summed E-state index contributed by atoms with van der Waals surface area (Å²) in [5, 5.41) is 0.528. The van der Waals surface area contributed by atoms with E-state index in [-0.39, 0.29) is 0 Å². The van der Waals surface area contributed by atoms with E-state index in [0.29, 0.717) is 28.5 Å². The van der Waals surface area contributed by atoms with Crippen molar-refractivity contribution in [1.29, 1.82) is 0 Å². The molecule has 6 heteroatoms. The van der Waals surface area contributed by atoms with E-state index in [2.05, 4.69) is 10.9 Å². The minimum Gasteiger partial charge on any atom is -0.488 e. The molecule has 3 aromatic carbocycles. The first-order chi connectivity index (χ1) is 13.1. The van der Waals surface area contributed by atoms with Gasteiger partial charge in [0.1, 0.15) is 12.4 Å². The van der Waals surface area contributed by atoms with Crippen molar-refractivity contribution < 1.29 is 14.3 Å². The summed E-state index contributed by atoms with van der Waals surface area (Å²) in [6, 6.07) is 22.8. The van der Waals surface area contributed by atoms with E-state index in [4.69, 9.17) is 16.3 Å². The smallest absolute Gasteiger partial charge is 0.273 e. The van der Waals surface area contributed by atoms with Crippen LogP contribution in [0.2, 0.25) is 5.02 Å². The molecule has 0 aliphatic rings. The molecule has 2 N–H and O–H groups in total. The van der Waals surface area contributed by atoms with Crippen LogP contribution in [0.3, 0.4) is 0 Å². The number of nitrogens with one attached hydrogen (secondary N) is 2. The van der Waals surface area contributed by atoms with Crippen LogP contribution in [0, 0.1) is 0 Å². The van der Waals surface area contributed by atoms with Crippen LogP contribution >= 0.6 is 11.6 Å². The molecule has 0 aliphatic heterocycles. The highest BCUT2D eigenvalue weighted by molar-refractivity contribution is 6.30. The van der Waals surface area contributed by atoms with Crippen LogP contribution in [-0.4, -0.2) is 11.8 Å². The van der Waals surface area contributed by atoms with Gasteiger partial charge in [0.05, 0.1) is 5.56 Å². The molecule has 0 unspecified atom stereocenters. The topological polar surface area (TPSA) is 67.4 Å². The number of carbonyl (C=O) groups excluding carboxylic acids is 2. The van der Waals surface area contributed by atoms with Crippen molar-refractivity contribution >= 4 is 23.4 Å². The third-order valence-electron chi connectivity index (χ3n) is 3.76. The van der Waals surface area contributed by atoms with Crippen LogP contribution in [0.25, 0.3) is 0 Å². The van der Waals surface area contributed by atoms with Crippen molar-refractivity contribution in [3.8, 4) is 5.75 Å². The van der Waals surface area contributed by atoms with E-state index in [1.54, 1.807) is 48.5 Å². The van der Waals surface area contributed by atoms with Gasteiger partial charge in [0.15, 0.2) is 0 Å². The Morgan fingerprint density at radius 2 is 1.41 bits per heavy atom. The van der Waals surface area contributed by atoms with Crippen molar-refractivity contribution in [1.82, 2.24) is 10.9 Å². The van der Waals surface area contributed by atoms with E-state index >= 15 is 0 Å². The predicted octanol–water partition coefficient (Wildman–Crippen LogP) is 3.99. The van der Waals surface area contributed by atoms with Crippen LogP contribution in [0.1, 0.15) is 26.3 Å².